The molecule has 0 saturated carbocycles. The van der Waals surface area contributed by atoms with Crippen molar-refractivity contribution in [2.24, 2.45) is 0 Å². The largest absolute Gasteiger partial charge is 0.375 e. The third-order valence-corrected chi connectivity index (χ3v) is 5.16. The van der Waals surface area contributed by atoms with Gasteiger partial charge in [-0.1, -0.05) is 24.3 Å². The Morgan fingerprint density at radius 2 is 1.91 bits per heavy atom. The molecular weight excluding hydrogens is 317 g/mol. The molecule has 2 aromatic rings. The zero-order valence-electron chi connectivity index (χ0n) is 13.3. The molecule has 2 aromatic carbocycles. The quantitative estimate of drug-likeness (QED) is 0.881. The topological polar surface area (TPSA) is 55.4 Å². The van der Waals surface area contributed by atoms with Crippen LogP contribution in [0.2, 0.25) is 0 Å². The van der Waals surface area contributed by atoms with E-state index < -0.39 is 16.1 Å². The summed E-state index contributed by atoms with van der Waals surface area (Å²) in [6.07, 6.45) is -0.564. The van der Waals surface area contributed by atoms with Gasteiger partial charge in [0, 0.05) is 13.7 Å². The Kier molecular flexibility index (Phi) is 5.51. The normalized spacial score (nSPS) is 13.0. The fraction of sp³-hybridized carbons (Fsp3) is 0.294. The van der Waals surface area contributed by atoms with Crippen molar-refractivity contribution >= 4 is 10.0 Å². The van der Waals surface area contributed by atoms with Gasteiger partial charge in [-0.25, -0.2) is 17.5 Å². The number of sulfonamides is 1. The van der Waals surface area contributed by atoms with Crippen LogP contribution in [-0.4, -0.2) is 22.1 Å². The van der Waals surface area contributed by atoms with Crippen molar-refractivity contribution < 1.29 is 17.5 Å². The molecule has 0 bridgehead atoms. The first-order valence-corrected chi connectivity index (χ1v) is 8.67. The summed E-state index contributed by atoms with van der Waals surface area (Å²) in [5.74, 6) is -0.387. The zero-order valence-corrected chi connectivity index (χ0v) is 14.2. The van der Waals surface area contributed by atoms with E-state index in [0.29, 0.717) is 11.1 Å². The van der Waals surface area contributed by atoms with E-state index in [1.807, 2.05) is 13.0 Å². The summed E-state index contributed by atoms with van der Waals surface area (Å²) in [5, 5.41) is 0. The second kappa shape index (κ2) is 7.21. The lowest BCUT2D eigenvalue weighted by atomic mass is 10.1. The third-order valence-electron chi connectivity index (χ3n) is 3.60. The first-order valence-electron chi connectivity index (χ1n) is 7.18. The number of hydrogen-bond acceptors (Lipinski definition) is 3. The molecule has 0 aliphatic rings. The Hall–Kier alpha value is -1.76. The van der Waals surface area contributed by atoms with Crippen LogP contribution in [0, 0.1) is 19.7 Å². The number of hydrogen-bond donors (Lipinski definition) is 1. The summed E-state index contributed by atoms with van der Waals surface area (Å²) < 4.78 is 46.1. The van der Waals surface area contributed by atoms with E-state index in [9.17, 15) is 12.8 Å². The lowest BCUT2D eigenvalue weighted by Gasteiger charge is -2.17. The Morgan fingerprint density at radius 1 is 1.17 bits per heavy atom. The molecule has 23 heavy (non-hydrogen) atoms. The van der Waals surface area contributed by atoms with Crippen LogP contribution in [-0.2, 0) is 14.8 Å². The number of halogens is 1. The van der Waals surface area contributed by atoms with Crippen LogP contribution in [0.15, 0.2) is 47.4 Å². The van der Waals surface area contributed by atoms with Crippen LogP contribution in [0.3, 0.4) is 0 Å². The minimum absolute atomic E-state index is 0.0235. The number of ether oxygens (including phenoxy) is 1. The van der Waals surface area contributed by atoms with Crippen LogP contribution in [0.1, 0.15) is 22.8 Å². The van der Waals surface area contributed by atoms with Gasteiger partial charge in [0.05, 0.1) is 11.0 Å². The van der Waals surface area contributed by atoms with Crippen molar-refractivity contribution in [3.8, 4) is 0 Å². The van der Waals surface area contributed by atoms with Gasteiger partial charge >= 0.3 is 0 Å². The SMILES string of the molecule is COC(CNS(=O)(=O)c1cc(C)ccc1C)c1cccc(F)c1. The molecule has 1 N–H and O–H groups in total. The summed E-state index contributed by atoms with van der Waals surface area (Å²) >= 11 is 0. The number of aryl methyl sites for hydroxylation is 2. The lowest BCUT2D eigenvalue weighted by Crippen LogP contribution is -2.29. The molecule has 6 heteroatoms. The van der Waals surface area contributed by atoms with Crippen molar-refractivity contribution in [2.75, 3.05) is 13.7 Å². The molecule has 0 fully saturated rings. The average Bonchev–Trinajstić information content (AvgIpc) is 2.50. The van der Waals surface area contributed by atoms with Crippen molar-refractivity contribution in [1.29, 1.82) is 0 Å². The first-order chi connectivity index (χ1) is 10.8. The van der Waals surface area contributed by atoms with Gasteiger partial charge in [0.1, 0.15) is 5.82 Å². The summed E-state index contributed by atoms with van der Waals surface area (Å²) in [6, 6.07) is 11.2. The Labute approximate surface area is 136 Å². The van der Waals surface area contributed by atoms with Gasteiger partial charge in [-0.2, -0.15) is 0 Å². The van der Waals surface area contributed by atoms with Gasteiger partial charge < -0.3 is 4.74 Å². The van der Waals surface area contributed by atoms with E-state index in [-0.39, 0.29) is 17.3 Å². The van der Waals surface area contributed by atoms with E-state index >= 15 is 0 Å². The lowest BCUT2D eigenvalue weighted by molar-refractivity contribution is 0.107. The van der Waals surface area contributed by atoms with Gasteiger partial charge in [-0.15, -0.1) is 0 Å². The van der Waals surface area contributed by atoms with Gasteiger partial charge in [-0.05, 0) is 48.7 Å². The van der Waals surface area contributed by atoms with Crippen molar-refractivity contribution in [3.05, 3.63) is 65.0 Å². The van der Waals surface area contributed by atoms with Crippen molar-refractivity contribution in [3.63, 3.8) is 0 Å². The fourth-order valence-corrected chi connectivity index (χ4v) is 3.66. The smallest absolute Gasteiger partial charge is 0.240 e. The van der Waals surface area contributed by atoms with E-state index in [0.717, 1.165) is 5.56 Å². The summed E-state index contributed by atoms with van der Waals surface area (Å²) in [4.78, 5) is 0.242. The van der Waals surface area contributed by atoms with Gasteiger partial charge in [-0.3, -0.25) is 0 Å². The maximum Gasteiger partial charge on any atom is 0.240 e. The molecule has 2 rings (SSSR count). The molecule has 0 amide bonds. The molecule has 0 spiro atoms. The zero-order chi connectivity index (χ0) is 17.0. The van der Waals surface area contributed by atoms with E-state index in [4.69, 9.17) is 4.74 Å². The molecule has 0 saturated heterocycles. The predicted octanol–water partition coefficient (Wildman–Crippen LogP) is 3.11. The summed E-state index contributed by atoms with van der Waals surface area (Å²) in [5.41, 5.74) is 2.11. The standard InChI is InChI=1S/C17H20FNO3S/c1-12-7-8-13(2)17(9-12)23(20,21)19-11-16(22-3)14-5-4-6-15(18)10-14/h4-10,16,19H,11H2,1-3H3. The minimum atomic E-state index is -3.66. The average molecular weight is 337 g/mol. The summed E-state index contributed by atoms with van der Waals surface area (Å²) in [7, 11) is -2.20. The first kappa shape index (κ1) is 17.6. The maximum absolute atomic E-state index is 13.3. The molecule has 0 radical (unpaired) electrons. The molecule has 124 valence electrons. The van der Waals surface area contributed by atoms with E-state index in [1.54, 1.807) is 31.2 Å². The highest BCUT2D eigenvalue weighted by atomic mass is 32.2. The van der Waals surface area contributed by atoms with Crippen LogP contribution in [0.4, 0.5) is 4.39 Å². The number of rotatable bonds is 6. The highest BCUT2D eigenvalue weighted by Gasteiger charge is 2.20. The maximum atomic E-state index is 13.3. The van der Waals surface area contributed by atoms with Crippen LogP contribution < -0.4 is 4.72 Å². The minimum Gasteiger partial charge on any atom is -0.375 e. The Balaban J connectivity index is 2.19. The number of benzene rings is 2. The second-order valence-electron chi connectivity index (χ2n) is 5.40. The molecule has 0 aliphatic heterocycles. The monoisotopic (exact) mass is 337 g/mol. The summed E-state index contributed by atoms with van der Waals surface area (Å²) in [6.45, 7) is 3.60. The van der Waals surface area contributed by atoms with Crippen molar-refractivity contribution in [1.82, 2.24) is 4.72 Å². The van der Waals surface area contributed by atoms with Gasteiger partial charge in [0.2, 0.25) is 10.0 Å². The molecule has 0 heterocycles. The number of nitrogens with one attached hydrogen (secondary N) is 1. The fourth-order valence-electron chi connectivity index (χ4n) is 2.30. The second-order valence-corrected chi connectivity index (χ2v) is 7.14. The molecular formula is C17H20FNO3S. The molecule has 1 atom stereocenters. The third kappa shape index (κ3) is 4.37. The molecule has 0 aromatic heterocycles. The van der Waals surface area contributed by atoms with Gasteiger partial charge in [0.25, 0.3) is 0 Å². The van der Waals surface area contributed by atoms with Crippen LogP contribution >= 0.6 is 0 Å². The van der Waals surface area contributed by atoms with Gasteiger partial charge in [0.15, 0.2) is 0 Å². The van der Waals surface area contributed by atoms with Crippen molar-refractivity contribution in [2.45, 2.75) is 24.8 Å². The predicted molar refractivity (Wildman–Crippen MR) is 87.3 cm³/mol. The number of methoxy groups -OCH3 is 1. The Bertz CT molecular complexity index is 790. The highest BCUT2D eigenvalue weighted by Crippen LogP contribution is 2.20. The Morgan fingerprint density at radius 3 is 2.57 bits per heavy atom. The van der Waals surface area contributed by atoms with E-state index in [2.05, 4.69) is 4.72 Å². The van der Waals surface area contributed by atoms with Crippen LogP contribution in [0.5, 0.6) is 0 Å². The van der Waals surface area contributed by atoms with E-state index in [1.165, 1.54) is 19.2 Å². The van der Waals surface area contributed by atoms with Crippen LogP contribution in [0.25, 0.3) is 0 Å². The molecule has 0 aliphatic carbocycles. The highest BCUT2D eigenvalue weighted by molar-refractivity contribution is 7.89. The molecule has 4 nitrogen and oxygen atoms in total. The molecule has 1 unspecified atom stereocenters.